The number of hydrogen-bond acceptors (Lipinski definition) is 5. The van der Waals surface area contributed by atoms with Crippen molar-refractivity contribution in [1.29, 1.82) is 0 Å². The van der Waals surface area contributed by atoms with E-state index >= 15 is 0 Å². The highest BCUT2D eigenvalue weighted by molar-refractivity contribution is 5.86. The minimum Gasteiger partial charge on any atom is -0.481 e. The predicted octanol–water partition coefficient (Wildman–Crippen LogP) is 2.86. The molecule has 7 nitrogen and oxygen atoms in total. The highest BCUT2D eigenvalue weighted by atomic mass is 16.6. The Morgan fingerprint density at radius 1 is 1.26 bits per heavy atom. The third-order valence-electron chi connectivity index (χ3n) is 3.72. The van der Waals surface area contributed by atoms with Crippen LogP contribution in [0.4, 0.5) is 10.7 Å². The summed E-state index contributed by atoms with van der Waals surface area (Å²) in [6, 6.07) is 1.39. The van der Waals surface area contributed by atoms with Gasteiger partial charge in [0.05, 0.1) is 5.92 Å². The molecule has 2 atom stereocenters. The predicted molar refractivity (Wildman–Crippen MR) is 84.1 cm³/mol. The van der Waals surface area contributed by atoms with Gasteiger partial charge in [0.15, 0.2) is 0 Å². The van der Waals surface area contributed by atoms with Crippen molar-refractivity contribution in [2.24, 2.45) is 5.92 Å². The molecule has 0 radical (unpaired) electrons. The summed E-state index contributed by atoms with van der Waals surface area (Å²) in [5.41, 5.74) is -0.648. The summed E-state index contributed by atoms with van der Waals surface area (Å²) in [5, 5.41) is 9.27. The highest BCUT2D eigenvalue weighted by Gasteiger charge is 2.36. The molecule has 0 saturated heterocycles. The average Bonchev–Trinajstić information content (AvgIpc) is 2.47. The van der Waals surface area contributed by atoms with E-state index in [0.717, 1.165) is 6.42 Å². The summed E-state index contributed by atoms with van der Waals surface area (Å²) in [6.07, 6.45) is 5.03. The van der Waals surface area contributed by atoms with Crippen LogP contribution in [0.5, 0.6) is 0 Å². The lowest BCUT2D eigenvalue weighted by Gasteiger charge is -2.35. The fourth-order valence-corrected chi connectivity index (χ4v) is 2.74. The number of carboxylic acids is 1. The Morgan fingerprint density at radius 3 is 2.48 bits per heavy atom. The lowest BCUT2D eigenvalue weighted by atomic mass is 9.85. The van der Waals surface area contributed by atoms with Gasteiger partial charge in [0.1, 0.15) is 5.60 Å². The van der Waals surface area contributed by atoms with Crippen LogP contribution in [-0.4, -0.2) is 38.8 Å². The quantitative estimate of drug-likeness (QED) is 0.920. The van der Waals surface area contributed by atoms with Gasteiger partial charge < -0.3 is 9.84 Å². The number of ether oxygens (including phenoxy) is 1. The van der Waals surface area contributed by atoms with Crippen molar-refractivity contribution in [3.8, 4) is 0 Å². The smallest absolute Gasteiger partial charge is 0.417 e. The van der Waals surface area contributed by atoms with E-state index < -0.39 is 23.6 Å². The Hall–Kier alpha value is -2.18. The number of hydrogen-bond donors (Lipinski definition) is 1. The van der Waals surface area contributed by atoms with Crippen molar-refractivity contribution in [2.45, 2.75) is 58.1 Å². The Labute approximate surface area is 135 Å². The summed E-state index contributed by atoms with van der Waals surface area (Å²) in [5.74, 6) is -1.03. The second-order valence-electron chi connectivity index (χ2n) is 6.75. The topological polar surface area (TPSA) is 92.6 Å². The summed E-state index contributed by atoms with van der Waals surface area (Å²) in [7, 11) is 0. The average molecular weight is 321 g/mol. The van der Waals surface area contributed by atoms with Gasteiger partial charge in [-0.2, -0.15) is 0 Å². The van der Waals surface area contributed by atoms with E-state index in [1.807, 2.05) is 0 Å². The maximum Gasteiger partial charge on any atom is 0.417 e. The van der Waals surface area contributed by atoms with E-state index in [-0.39, 0.29) is 12.0 Å². The number of carboxylic acid groups (broad SMARTS) is 1. The molecule has 1 aromatic heterocycles. The standard InChI is InChI=1S/C16H23N3O4/c1-16(2,3)23-15(22)19(14-17-8-5-9-18-14)12-7-4-6-11(10-12)13(20)21/h5,8-9,11-12H,4,6-7,10H2,1-3H3,(H,20,21)/t11-,12+/m1/s1. The Morgan fingerprint density at radius 2 is 1.91 bits per heavy atom. The molecule has 1 aliphatic carbocycles. The largest absolute Gasteiger partial charge is 0.481 e. The molecule has 1 heterocycles. The van der Waals surface area contributed by atoms with Gasteiger partial charge in [0, 0.05) is 18.4 Å². The first-order chi connectivity index (χ1) is 10.8. The number of amides is 1. The number of rotatable bonds is 3. The molecule has 2 rings (SSSR count). The van der Waals surface area contributed by atoms with Gasteiger partial charge in [0.25, 0.3) is 0 Å². The molecule has 1 fully saturated rings. The van der Waals surface area contributed by atoms with Crippen molar-refractivity contribution in [1.82, 2.24) is 9.97 Å². The molecule has 0 bridgehead atoms. The normalized spacial score (nSPS) is 21.5. The minimum atomic E-state index is -0.826. The summed E-state index contributed by atoms with van der Waals surface area (Å²) < 4.78 is 5.46. The monoisotopic (exact) mass is 321 g/mol. The molecule has 1 aromatic rings. The number of anilines is 1. The van der Waals surface area contributed by atoms with Crippen LogP contribution in [0.3, 0.4) is 0 Å². The molecule has 1 N–H and O–H groups in total. The van der Waals surface area contributed by atoms with E-state index in [2.05, 4.69) is 9.97 Å². The van der Waals surface area contributed by atoms with Gasteiger partial charge in [-0.05, 0) is 46.1 Å². The van der Waals surface area contributed by atoms with Crippen LogP contribution in [0.1, 0.15) is 46.5 Å². The van der Waals surface area contributed by atoms with Crippen LogP contribution in [-0.2, 0) is 9.53 Å². The van der Waals surface area contributed by atoms with E-state index in [1.165, 1.54) is 4.90 Å². The molecule has 0 unspecified atom stereocenters. The van der Waals surface area contributed by atoms with E-state index in [0.29, 0.717) is 19.3 Å². The van der Waals surface area contributed by atoms with Crippen LogP contribution in [0, 0.1) is 5.92 Å². The Bertz CT molecular complexity index is 556. The third-order valence-corrected chi connectivity index (χ3v) is 3.72. The van der Waals surface area contributed by atoms with Crippen LogP contribution >= 0.6 is 0 Å². The second kappa shape index (κ2) is 6.93. The van der Waals surface area contributed by atoms with Crippen molar-refractivity contribution < 1.29 is 19.4 Å². The minimum absolute atomic E-state index is 0.248. The number of aromatic nitrogens is 2. The molecule has 1 aliphatic rings. The van der Waals surface area contributed by atoms with Crippen LogP contribution in [0.25, 0.3) is 0 Å². The van der Waals surface area contributed by atoms with Crippen molar-refractivity contribution >= 4 is 18.0 Å². The summed E-state index contributed by atoms with van der Waals surface area (Å²) in [4.78, 5) is 33.6. The van der Waals surface area contributed by atoms with Crippen LogP contribution < -0.4 is 4.90 Å². The maximum absolute atomic E-state index is 12.6. The summed E-state index contributed by atoms with van der Waals surface area (Å²) in [6.45, 7) is 5.36. The Balaban J connectivity index is 2.26. The molecule has 0 aromatic carbocycles. The molecule has 1 amide bonds. The molecule has 126 valence electrons. The highest BCUT2D eigenvalue weighted by Crippen LogP contribution is 2.30. The van der Waals surface area contributed by atoms with Gasteiger partial charge in [-0.15, -0.1) is 0 Å². The zero-order valence-electron chi connectivity index (χ0n) is 13.7. The Kier molecular flexibility index (Phi) is 5.18. The third kappa shape index (κ3) is 4.64. The molecule has 0 aliphatic heterocycles. The number of nitrogens with zero attached hydrogens (tertiary/aromatic N) is 3. The molecule has 7 heteroatoms. The fourth-order valence-electron chi connectivity index (χ4n) is 2.74. The van der Waals surface area contributed by atoms with E-state index in [9.17, 15) is 14.7 Å². The zero-order chi connectivity index (χ0) is 17.0. The van der Waals surface area contributed by atoms with Crippen molar-refractivity contribution in [3.63, 3.8) is 0 Å². The fraction of sp³-hybridized carbons (Fsp3) is 0.625. The van der Waals surface area contributed by atoms with Crippen LogP contribution in [0.2, 0.25) is 0 Å². The lowest BCUT2D eigenvalue weighted by Crippen LogP contribution is -2.47. The van der Waals surface area contributed by atoms with Gasteiger partial charge in [-0.3, -0.25) is 4.79 Å². The van der Waals surface area contributed by atoms with Gasteiger partial charge in [0.2, 0.25) is 5.95 Å². The van der Waals surface area contributed by atoms with Crippen LogP contribution in [0.15, 0.2) is 18.5 Å². The molecule has 0 spiro atoms. The van der Waals surface area contributed by atoms with Crippen molar-refractivity contribution in [3.05, 3.63) is 18.5 Å². The zero-order valence-corrected chi connectivity index (χ0v) is 13.7. The SMILES string of the molecule is CC(C)(C)OC(=O)N(c1ncccn1)[C@H]1CCC[C@@H](C(=O)O)C1. The molecular formula is C16H23N3O4. The number of aliphatic carboxylic acids is 1. The maximum atomic E-state index is 12.6. The summed E-state index contributed by atoms with van der Waals surface area (Å²) >= 11 is 0. The number of carbonyl (C=O) groups is 2. The first-order valence-electron chi connectivity index (χ1n) is 7.80. The van der Waals surface area contributed by atoms with Gasteiger partial charge in [-0.1, -0.05) is 6.42 Å². The molecule has 1 saturated carbocycles. The first-order valence-corrected chi connectivity index (χ1v) is 7.80. The number of carbonyl (C=O) groups excluding carboxylic acids is 1. The van der Waals surface area contributed by atoms with Gasteiger partial charge >= 0.3 is 12.1 Å². The van der Waals surface area contributed by atoms with Crippen molar-refractivity contribution in [2.75, 3.05) is 4.90 Å². The van der Waals surface area contributed by atoms with Gasteiger partial charge in [-0.25, -0.2) is 19.7 Å². The van der Waals surface area contributed by atoms with E-state index in [4.69, 9.17) is 4.74 Å². The molecular weight excluding hydrogens is 298 g/mol. The lowest BCUT2D eigenvalue weighted by molar-refractivity contribution is -0.143. The second-order valence-corrected chi connectivity index (χ2v) is 6.75. The first kappa shape index (κ1) is 17.2. The van der Waals surface area contributed by atoms with E-state index in [1.54, 1.807) is 39.2 Å². The molecule has 23 heavy (non-hydrogen) atoms.